The summed E-state index contributed by atoms with van der Waals surface area (Å²) in [5, 5.41) is 8.81. The Labute approximate surface area is 92.4 Å². The second-order valence-electron chi connectivity index (χ2n) is 4.19. The summed E-state index contributed by atoms with van der Waals surface area (Å²) in [4.78, 5) is 4.63. The Bertz CT molecular complexity index is 218. The van der Waals surface area contributed by atoms with Gasteiger partial charge in [-0.05, 0) is 13.8 Å². The lowest BCUT2D eigenvalue weighted by Crippen LogP contribution is -2.50. The number of rotatable bonds is 4. The molecule has 0 aromatic heterocycles. The molecular formula is C11H21N3O. The van der Waals surface area contributed by atoms with Crippen LogP contribution in [0.3, 0.4) is 0 Å². The predicted octanol–water partition coefficient (Wildman–Crippen LogP) is 0.551. The molecule has 86 valence electrons. The van der Waals surface area contributed by atoms with Crippen molar-refractivity contribution in [3.63, 3.8) is 0 Å². The van der Waals surface area contributed by atoms with Crippen molar-refractivity contribution in [3.8, 4) is 6.07 Å². The Morgan fingerprint density at radius 2 is 1.87 bits per heavy atom. The Balaban J connectivity index is 2.27. The van der Waals surface area contributed by atoms with Gasteiger partial charge in [0.15, 0.2) is 0 Å². The van der Waals surface area contributed by atoms with Crippen LogP contribution in [0.1, 0.15) is 13.8 Å². The van der Waals surface area contributed by atoms with Gasteiger partial charge in [0, 0.05) is 39.8 Å². The largest absolute Gasteiger partial charge is 0.380 e. The number of nitriles is 1. The van der Waals surface area contributed by atoms with Crippen molar-refractivity contribution in [1.82, 2.24) is 9.80 Å². The molecule has 1 rings (SSSR count). The van der Waals surface area contributed by atoms with E-state index in [2.05, 4.69) is 22.8 Å². The predicted molar refractivity (Wildman–Crippen MR) is 59.6 cm³/mol. The topological polar surface area (TPSA) is 39.5 Å². The number of ether oxygens (including phenoxy) is 1. The molecule has 1 aliphatic rings. The molecule has 15 heavy (non-hydrogen) atoms. The molecule has 0 aliphatic carbocycles. The molecule has 0 saturated carbocycles. The third kappa shape index (κ3) is 3.78. The van der Waals surface area contributed by atoms with Gasteiger partial charge in [-0.1, -0.05) is 0 Å². The Hall–Kier alpha value is -0.630. The minimum absolute atomic E-state index is 0.0481. The van der Waals surface area contributed by atoms with Gasteiger partial charge in [-0.25, -0.2) is 0 Å². The lowest BCUT2D eigenvalue weighted by molar-refractivity contribution is 0.0489. The van der Waals surface area contributed by atoms with Gasteiger partial charge in [0.25, 0.3) is 0 Å². The average Bonchev–Trinajstić information content (AvgIpc) is 2.29. The first-order valence-corrected chi connectivity index (χ1v) is 5.56. The molecule has 4 heteroatoms. The SMILES string of the molecule is COC(C)CN1CCN(C(C)C#N)CC1. The van der Waals surface area contributed by atoms with Crippen molar-refractivity contribution in [2.24, 2.45) is 0 Å². The van der Waals surface area contributed by atoms with Crippen molar-refractivity contribution < 1.29 is 4.74 Å². The van der Waals surface area contributed by atoms with Crippen LogP contribution in [-0.2, 0) is 4.74 Å². The van der Waals surface area contributed by atoms with E-state index >= 15 is 0 Å². The van der Waals surface area contributed by atoms with Crippen LogP contribution in [0.15, 0.2) is 0 Å². The number of piperazine rings is 1. The lowest BCUT2D eigenvalue weighted by Gasteiger charge is -2.36. The zero-order valence-electron chi connectivity index (χ0n) is 9.94. The maximum absolute atomic E-state index is 8.81. The highest BCUT2D eigenvalue weighted by atomic mass is 16.5. The van der Waals surface area contributed by atoms with Crippen molar-refractivity contribution in [3.05, 3.63) is 0 Å². The first kappa shape index (κ1) is 12.4. The minimum Gasteiger partial charge on any atom is -0.380 e. The maximum atomic E-state index is 8.81. The molecule has 0 radical (unpaired) electrons. The zero-order chi connectivity index (χ0) is 11.3. The van der Waals surface area contributed by atoms with Crippen LogP contribution < -0.4 is 0 Å². The summed E-state index contributed by atoms with van der Waals surface area (Å²) in [5.74, 6) is 0. The van der Waals surface area contributed by atoms with Crippen LogP contribution in [0.5, 0.6) is 0 Å². The second-order valence-corrected chi connectivity index (χ2v) is 4.19. The molecule has 2 unspecified atom stereocenters. The van der Waals surface area contributed by atoms with Crippen LogP contribution in [0.25, 0.3) is 0 Å². The fraction of sp³-hybridized carbons (Fsp3) is 0.909. The normalized spacial score (nSPS) is 23.3. The number of hydrogen-bond donors (Lipinski definition) is 0. The Kier molecular flexibility index (Phi) is 5.03. The maximum Gasteiger partial charge on any atom is 0.0950 e. The van der Waals surface area contributed by atoms with Gasteiger partial charge in [-0.2, -0.15) is 5.26 Å². The summed E-state index contributed by atoms with van der Waals surface area (Å²) in [5.41, 5.74) is 0. The van der Waals surface area contributed by atoms with Crippen LogP contribution in [0, 0.1) is 11.3 Å². The van der Waals surface area contributed by atoms with Gasteiger partial charge in [0.05, 0.1) is 18.2 Å². The number of methoxy groups -OCH3 is 1. The third-order valence-electron chi connectivity index (χ3n) is 3.06. The smallest absolute Gasteiger partial charge is 0.0950 e. The number of nitrogens with zero attached hydrogens (tertiary/aromatic N) is 3. The molecule has 0 aromatic carbocycles. The molecule has 2 atom stereocenters. The molecule has 0 N–H and O–H groups in total. The van der Waals surface area contributed by atoms with Gasteiger partial charge >= 0.3 is 0 Å². The van der Waals surface area contributed by atoms with E-state index in [9.17, 15) is 0 Å². The monoisotopic (exact) mass is 211 g/mol. The van der Waals surface area contributed by atoms with Crippen LogP contribution in [0.2, 0.25) is 0 Å². The first-order valence-electron chi connectivity index (χ1n) is 5.56. The van der Waals surface area contributed by atoms with E-state index in [-0.39, 0.29) is 6.04 Å². The minimum atomic E-state index is 0.0481. The van der Waals surface area contributed by atoms with E-state index in [0.29, 0.717) is 6.10 Å². The van der Waals surface area contributed by atoms with Crippen LogP contribution in [0.4, 0.5) is 0 Å². The number of hydrogen-bond acceptors (Lipinski definition) is 4. The van der Waals surface area contributed by atoms with Crippen molar-refractivity contribution in [2.45, 2.75) is 26.0 Å². The highest BCUT2D eigenvalue weighted by Crippen LogP contribution is 2.06. The van der Waals surface area contributed by atoms with E-state index < -0.39 is 0 Å². The summed E-state index contributed by atoms with van der Waals surface area (Å²) >= 11 is 0. The lowest BCUT2D eigenvalue weighted by atomic mass is 10.2. The first-order chi connectivity index (χ1) is 7.17. The summed E-state index contributed by atoms with van der Waals surface area (Å²) in [6.45, 7) is 9.11. The van der Waals surface area contributed by atoms with E-state index in [0.717, 1.165) is 32.7 Å². The summed E-state index contributed by atoms with van der Waals surface area (Å²) < 4.78 is 5.24. The summed E-state index contributed by atoms with van der Waals surface area (Å²) in [6.07, 6.45) is 0.296. The molecule has 0 bridgehead atoms. The van der Waals surface area contributed by atoms with Crippen molar-refractivity contribution >= 4 is 0 Å². The van der Waals surface area contributed by atoms with Gasteiger partial charge in [-0.3, -0.25) is 9.80 Å². The summed E-state index contributed by atoms with van der Waals surface area (Å²) in [6, 6.07) is 2.33. The second kappa shape index (κ2) is 6.06. The molecule has 0 aromatic rings. The highest BCUT2D eigenvalue weighted by molar-refractivity contribution is 4.90. The standard InChI is InChI=1S/C11H21N3O/c1-10(8-12)14-6-4-13(5-7-14)9-11(2)15-3/h10-11H,4-7,9H2,1-3H3. The quantitative estimate of drug-likeness (QED) is 0.681. The zero-order valence-corrected chi connectivity index (χ0v) is 9.94. The van der Waals surface area contributed by atoms with Gasteiger partial charge in [0.2, 0.25) is 0 Å². The average molecular weight is 211 g/mol. The van der Waals surface area contributed by atoms with E-state index in [1.165, 1.54) is 0 Å². The molecule has 1 heterocycles. The van der Waals surface area contributed by atoms with Crippen LogP contribution in [-0.4, -0.2) is 61.8 Å². The molecule has 1 saturated heterocycles. The fourth-order valence-electron chi connectivity index (χ4n) is 1.85. The van der Waals surface area contributed by atoms with Crippen LogP contribution >= 0.6 is 0 Å². The molecule has 1 aliphatic heterocycles. The summed E-state index contributed by atoms with van der Waals surface area (Å²) in [7, 11) is 1.75. The van der Waals surface area contributed by atoms with Crippen molar-refractivity contribution in [1.29, 1.82) is 5.26 Å². The molecular weight excluding hydrogens is 190 g/mol. The molecule has 0 spiro atoms. The fourth-order valence-corrected chi connectivity index (χ4v) is 1.85. The Morgan fingerprint density at radius 1 is 1.27 bits per heavy atom. The highest BCUT2D eigenvalue weighted by Gasteiger charge is 2.21. The molecule has 1 fully saturated rings. The third-order valence-corrected chi connectivity index (χ3v) is 3.06. The molecule has 4 nitrogen and oxygen atoms in total. The van der Waals surface area contributed by atoms with Crippen molar-refractivity contribution in [2.75, 3.05) is 39.8 Å². The van der Waals surface area contributed by atoms with Gasteiger partial charge in [0.1, 0.15) is 0 Å². The Morgan fingerprint density at radius 3 is 2.33 bits per heavy atom. The van der Waals surface area contributed by atoms with E-state index in [1.807, 2.05) is 6.92 Å². The van der Waals surface area contributed by atoms with E-state index in [1.54, 1.807) is 7.11 Å². The van der Waals surface area contributed by atoms with Gasteiger partial charge < -0.3 is 4.74 Å². The molecule has 0 amide bonds. The van der Waals surface area contributed by atoms with Gasteiger partial charge in [-0.15, -0.1) is 0 Å². The van der Waals surface area contributed by atoms with E-state index in [4.69, 9.17) is 10.00 Å².